The van der Waals surface area contributed by atoms with Crippen molar-refractivity contribution in [2.24, 2.45) is 5.73 Å². The third-order valence-corrected chi connectivity index (χ3v) is 2.29. The van der Waals surface area contributed by atoms with Crippen LogP contribution in [-0.2, 0) is 0 Å². The van der Waals surface area contributed by atoms with E-state index >= 15 is 0 Å². The third kappa shape index (κ3) is 1.77. The number of nitrogens with zero attached hydrogens (tertiary/aromatic N) is 1. The number of pyridine rings is 1. The van der Waals surface area contributed by atoms with E-state index in [0.717, 1.165) is 5.39 Å². The van der Waals surface area contributed by atoms with E-state index < -0.39 is 6.10 Å². The first-order valence-electron chi connectivity index (χ1n) is 4.69. The molecular weight excluding hydrogens is 192 g/mol. The molecule has 0 amide bonds. The van der Waals surface area contributed by atoms with Crippen molar-refractivity contribution >= 4 is 10.9 Å². The maximum absolute atomic E-state index is 9.57. The summed E-state index contributed by atoms with van der Waals surface area (Å²) in [5.41, 5.74) is 6.30. The van der Waals surface area contributed by atoms with Gasteiger partial charge in [-0.2, -0.15) is 0 Å². The molecule has 0 aliphatic heterocycles. The van der Waals surface area contributed by atoms with E-state index in [4.69, 9.17) is 5.73 Å². The molecule has 2 aromatic rings. The van der Waals surface area contributed by atoms with Crippen molar-refractivity contribution in [2.75, 3.05) is 6.54 Å². The standard InChI is InChI=1S/C11H12N2O2/c12-6-10(15)8-5-4-7-2-1-3-9(14)11(7)13-8/h1-5,10,14-15H,6,12H2. The zero-order chi connectivity index (χ0) is 10.8. The number of nitrogens with two attached hydrogens (primary N) is 1. The van der Waals surface area contributed by atoms with Gasteiger partial charge in [-0.1, -0.05) is 18.2 Å². The van der Waals surface area contributed by atoms with Crippen LogP contribution in [0.2, 0.25) is 0 Å². The van der Waals surface area contributed by atoms with Gasteiger partial charge in [0.2, 0.25) is 0 Å². The molecule has 1 heterocycles. The first-order chi connectivity index (χ1) is 7.22. The second-order valence-electron chi connectivity index (χ2n) is 3.34. The van der Waals surface area contributed by atoms with Crippen LogP contribution < -0.4 is 5.73 Å². The Balaban J connectivity index is 2.59. The molecule has 1 unspecified atom stereocenters. The average Bonchev–Trinajstić information content (AvgIpc) is 2.28. The Morgan fingerprint density at radius 3 is 2.80 bits per heavy atom. The van der Waals surface area contributed by atoms with Crippen LogP contribution in [0.5, 0.6) is 5.75 Å². The minimum Gasteiger partial charge on any atom is -0.506 e. The SMILES string of the molecule is NCC(O)c1ccc2cccc(O)c2n1. The fourth-order valence-corrected chi connectivity index (χ4v) is 1.45. The van der Waals surface area contributed by atoms with Crippen molar-refractivity contribution < 1.29 is 10.2 Å². The summed E-state index contributed by atoms with van der Waals surface area (Å²) in [6, 6.07) is 8.67. The molecule has 1 atom stereocenters. The van der Waals surface area contributed by atoms with Crippen molar-refractivity contribution in [3.63, 3.8) is 0 Å². The van der Waals surface area contributed by atoms with Gasteiger partial charge >= 0.3 is 0 Å². The lowest BCUT2D eigenvalue weighted by Crippen LogP contribution is -2.12. The molecule has 1 aromatic heterocycles. The Labute approximate surface area is 87.0 Å². The van der Waals surface area contributed by atoms with Gasteiger partial charge < -0.3 is 15.9 Å². The van der Waals surface area contributed by atoms with Crippen molar-refractivity contribution in [2.45, 2.75) is 6.10 Å². The molecule has 0 aliphatic carbocycles. The zero-order valence-corrected chi connectivity index (χ0v) is 8.09. The van der Waals surface area contributed by atoms with Gasteiger partial charge in [0.25, 0.3) is 0 Å². The van der Waals surface area contributed by atoms with Crippen LogP contribution in [-0.4, -0.2) is 21.7 Å². The fourth-order valence-electron chi connectivity index (χ4n) is 1.45. The summed E-state index contributed by atoms with van der Waals surface area (Å²) in [4.78, 5) is 4.17. The lowest BCUT2D eigenvalue weighted by Gasteiger charge is -2.08. The fraction of sp³-hybridized carbons (Fsp3) is 0.182. The molecule has 2 rings (SSSR count). The van der Waals surface area contributed by atoms with Crippen LogP contribution in [0.4, 0.5) is 0 Å². The number of aliphatic hydroxyl groups excluding tert-OH is 1. The number of aliphatic hydroxyl groups is 1. The minimum absolute atomic E-state index is 0.110. The van der Waals surface area contributed by atoms with E-state index in [1.54, 1.807) is 24.3 Å². The number of fused-ring (bicyclic) bond motifs is 1. The van der Waals surface area contributed by atoms with Gasteiger partial charge in [-0.3, -0.25) is 0 Å². The van der Waals surface area contributed by atoms with Crippen LogP contribution in [0.15, 0.2) is 30.3 Å². The first kappa shape index (κ1) is 9.89. The van der Waals surface area contributed by atoms with Gasteiger partial charge in [-0.05, 0) is 12.1 Å². The van der Waals surface area contributed by atoms with E-state index in [9.17, 15) is 10.2 Å². The van der Waals surface area contributed by atoms with Gasteiger partial charge in [0, 0.05) is 11.9 Å². The first-order valence-corrected chi connectivity index (χ1v) is 4.69. The number of rotatable bonds is 2. The van der Waals surface area contributed by atoms with E-state index in [2.05, 4.69) is 4.98 Å². The van der Waals surface area contributed by atoms with Crippen LogP contribution in [0, 0.1) is 0 Å². The molecule has 4 N–H and O–H groups in total. The highest BCUT2D eigenvalue weighted by Gasteiger charge is 2.08. The molecule has 0 radical (unpaired) electrons. The highest BCUT2D eigenvalue weighted by atomic mass is 16.3. The normalized spacial score (nSPS) is 12.9. The van der Waals surface area contributed by atoms with Crippen LogP contribution in [0.1, 0.15) is 11.8 Å². The Morgan fingerprint density at radius 2 is 2.07 bits per heavy atom. The number of aromatic nitrogens is 1. The smallest absolute Gasteiger partial charge is 0.141 e. The molecule has 78 valence electrons. The number of phenols is 1. The molecular formula is C11H12N2O2. The van der Waals surface area contributed by atoms with E-state index in [1.807, 2.05) is 6.07 Å². The van der Waals surface area contributed by atoms with Crippen molar-refractivity contribution in [3.8, 4) is 5.75 Å². The van der Waals surface area contributed by atoms with Crippen molar-refractivity contribution in [3.05, 3.63) is 36.0 Å². The molecule has 4 heteroatoms. The lowest BCUT2D eigenvalue weighted by molar-refractivity contribution is 0.182. The minimum atomic E-state index is -0.783. The van der Waals surface area contributed by atoms with E-state index in [-0.39, 0.29) is 12.3 Å². The van der Waals surface area contributed by atoms with E-state index in [0.29, 0.717) is 11.2 Å². The molecule has 0 saturated carbocycles. The molecule has 0 aliphatic rings. The number of benzene rings is 1. The number of para-hydroxylation sites is 1. The van der Waals surface area contributed by atoms with Crippen LogP contribution in [0.25, 0.3) is 10.9 Å². The summed E-state index contributed by atoms with van der Waals surface area (Å²) in [6.07, 6.45) is -0.783. The van der Waals surface area contributed by atoms with Gasteiger partial charge in [0.05, 0.1) is 5.69 Å². The Morgan fingerprint density at radius 1 is 1.27 bits per heavy atom. The highest BCUT2D eigenvalue weighted by Crippen LogP contribution is 2.23. The lowest BCUT2D eigenvalue weighted by atomic mass is 10.1. The third-order valence-electron chi connectivity index (χ3n) is 2.29. The van der Waals surface area contributed by atoms with Crippen LogP contribution >= 0.6 is 0 Å². The second-order valence-corrected chi connectivity index (χ2v) is 3.34. The van der Waals surface area contributed by atoms with Crippen molar-refractivity contribution in [1.82, 2.24) is 4.98 Å². The van der Waals surface area contributed by atoms with Crippen LogP contribution in [0.3, 0.4) is 0 Å². The maximum Gasteiger partial charge on any atom is 0.141 e. The number of hydrogen-bond donors (Lipinski definition) is 3. The molecule has 0 fully saturated rings. The molecule has 0 bridgehead atoms. The number of hydrogen-bond acceptors (Lipinski definition) is 4. The Hall–Kier alpha value is -1.65. The largest absolute Gasteiger partial charge is 0.506 e. The summed E-state index contributed by atoms with van der Waals surface area (Å²) in [6.45, 7) is 0.117. The number of phenolic OH excluding ortho intramolecular Hbond substituents is 1. The molecule has 0 spiro atoms. The summed E-state index contributed by atoms with van der Waals surface area (Å²) in [5.74, 6) is 0.110. The quantitative estimate of drug-likeness (QED) is 0.680. The Kier molecular flexibility index (Phi) is 2.53. The maximum atomic E-state index is 9.57. The molecule has 4 nitrogen and oxygen atoms in total. The zero-order valence-electron chi connectivity index (χ0n) is 8.09. The highest BCUT2D eigenvalue weighted by molar-refractivity contribution is 5.84. The van der Waals surface area contributed by atoms with Gasteiger partial charge in [-0.25, -0.2) is 4.98 Å². The summed E-state index contributed by atoms with van der Waals surface area (Å²) < 4.78 is 0. The van der Waals surface area contributed by atoms with Gasteiger partial charge in [0.1, 0.15) is 17.4 Å². The topological polar surface area (TPSA) is 79.4 Å². The molecule has 1 aromatic carbocycles. The van der Waals surface area contributed by atoms with Gasteiger partial charge in [0.15, 0.2) is 0 Å². The summed E-state index contributed by atoms with van der Waals surface area (Å²) in [7, 11) is 0. The Bertz CT molecular complexity index is 485. The van der Waals surface area contributed by atoms with E-state index in [1.165, 1.54) is 0 Å². The van der Waals surface area contributed by atoms with Crippen molar-refractivity contribution in [1.29, 1.82) is 0 Å². The van der Waals surface area contributed by atoms with Gasteiger partial charge in [-0.15, -0.1) is 0 Å². The predicted octanol–water partition coefficient (Wildman–Crippen LogP) is 0.932. The average molecular weight is 204 g/mol. The molecule has 0 saturated heterocycles. The molecule has 15 heavy (non-hydrogen) atoms. The summed E-state index contributed by atoms with van der Waals surface area (Å²) >= 11 is 0. The predicted molar refractivity (Wildman–Crippen MR) is 57.4 cm³/mol. The number of aromatic hydroxyl groups is 1. The monoisotopic (exact) mass is 204 g/mol. The second kappa shape index (κ2) is 3.84. The summed E-state index contributed by atoms with van der Waals surface area (Å²) in [5, 5.41) is 19.9.